The van der Waals surface area contributed by atoms with Crippen molar-refractivity contribution in [1.82, 2.24) is 15.6 Å². The zero-order valence-corrected chi connectivity index (χ0v) is 33.7. The molecule has 57 heavy (non-hydrogen) atoms. The lowest BCUT2D eigenvalue weighted by Crippen LogP contribution is -2.56. The number of unbranched alkanes of at least 4 members (excludes halogenated alkanes) is 10. The third-order valence-corrected chi connectivity index (χ3v) is 10.4. The summed E-state index contributed by atoms with van der Waals surface area (Å²) in [5.74, 6) is -1.81. The van der Waals surface area contributed by atoms with Gasteiger partial charge in [0.1, 0.15) is 35.7 Å². The third-order valence-electron chi connectivity index (χ3n) is 10.4. The van der Waals surface area contributed by atoms with E-state index in [4.69, 9.17) is 9.47 Å². The van der Waals surface area contributed by atoms with Crippen molar-refractivity contribution >= 4 is 29.4 Å². The lowest BCUT2D eigenvalue weighted by atomic mass is 10.0. The Hall–Kier alpha value is -5.13. The summed E-state index contributed by atoms with van der Waals surface area (Å²) < 4.78 is 11.3. The third kappa shape index (κ3) is 15.0. The molecule has 12 heteroatoms. The number of hydrogen-bond donors (Lipinski definition) is 4. The molecule has 3 aromatic rings. The first-order valence-electron chi connectivity index (χ1n) is 20.9. The maximum Gasteiger partial charge on any atom is 0.328 e. The van der Waals surface area contributed by atoms with Gasteiger partial charge in [-0.1, -0.05) is 102 Å². The molecule has 1 aliphatic rings. The lowest BCUT2D eigenvalue weighted by molar-refractivity contribution is -0.148. The largest absolute Gasteiger partial charge is 0.508 e. The Morgan fingerprint density at radius 2 is 1.00 bits per heavy atom. The van der Waals surface area contributed by atoms with Crippen LogP contribution >= 0.6 is 0 Å². The van der Waals surface area contributed by atoms with Gasteiger partial charge in [-0.15, -0.1) is 0 Å². The van der Waals surface area contributed by atoms with Crippen molar-refractivity contribution in [3.8, 4) is 11.5 Å². The van der Waals surface area contributed by atoms with Crippen molar-refractivity contribution in [2.24, 2.45) is 0 Å². The van der Waals surface area contributed by atoms with Gasteiger partial charge in [0.05, 0.1) is 13.2 Å². The smallest absolute Gasteiger partial charge is 0.328 e. The molecular formula is C45H62N4O8. The van der Waals surface area contributed by atoms with Crippen molar-refractivity contribution in [2.75, 3.05) is 18.1 Å². The molecule has 1 aliphatic heterocycles. The number of aromatic nitrogens is 1. The van der Waals surface area contributed by atoms with E-state index >= 15 is 0 Å². The maximum absolute atomic E-state index is 14.2. The second-order valence-electron chi connectivity index (χ2n) is 15.0. The Labute approximate surface area is 337 Å². The number of carbonyl (C=O) groups is 4. The van der Waals surface area contributed by atoms with Crippen LogP contribution in [0.1, 0.15) is 115 Å². The molecule has 310 valence electrons. The number of phenolic OH excluding ortho intramolecular Hbond substituents is 2. The van der Waals surface area contributed by atoms with Gasteiger partial charge in [0.25, 0.3) is 0 Å². The zero-order valence-electron chi connectivity index (χ0n) is 33.7. The average molecular weight is 787 g/mol. The Morgan fingerprint density at radius 1 is 0.614 bits per heavy atom. The van der Waals surface area contributed by atoms with E-state index in [-0.39, 0.29) is 37.6 Å². The standard InChI is InChI=1S/C45H62N4O8/c1-3-5-7-9-11-13-29-56-44(54)38(31-33-15-19-36(50)20-16-33)47-42(52)40-23-24-41(49(40)35-25-27-46-28-26-35)43(53)48-39(32-34-17-21-37(51)22-18-34)45(55)57-30-14-12-10-8-6-4-2/h15-22,25-28,38-41,50-51H,3-14,23-24,29-32H2,1-2H3,(H,47,52)(H,48,53)/t38-,39-,40-,41-/m0/s1. The van der Waals surface area contributed by atoms with Crippen molar-refractivity contribution in [3.05, 3.63) is 84.2 Å². The quantitative estimate of drug-likeness (QED) is 0.0514. The molecule has 4 N–H and O–H groups in total. The van der Waals surface area contributed by atoms with Gasteiger partial charge in [-0.25, -0.2) is 9.59 Å². The number of esters is 2. The number of anilines is 1. The van der Waals surface area contributed by atoms with Crippen LogP contribution in [0.2, 0.25) is 0 Å². The molecule has 2 aromatic carbocycles. The Bertz CT molecular complexity index is 1550. The van der Waals surface area contributed by atoms with Crippen molar-refractivity contribution < 1.29 is 38.9 Å². The summed E-state index contributed by atoms with van der Waals surface area (Å²) in [6.07, 6.45) is 16.5. The van der Waals surface area contributed by atoms with E-state index in [0.29, 0.717) is 18.5 Å². The van der Waals surface area contributed by atoms with Crippen LogP contribution in [0, 0.1) is 0 Å². The molecule has 12 nitrogen and oxygen atoms in total. The van der Waals surface area contributed by atoms with Gasteiger partial charge in [0.15, 0.2) is 0 Å². The molecule has 1 saturated heterocycles. The van der Waals surface area contributed by atoms with Gasteiger partial charge in [-0.2, -0.15) is 0 Å². The summed E-state index contributed by atoms with van der Waals surface area (Å²) in [4.78, 5) is 61.3. The van der Waals surface area contributed by atoms with Crippen LogP contribution in [0.25, 0.3) is 0 Å². The molecule has 0 aliphatic carbocycles. The Balaban J connectivity index is 1.49. The van der Waals surface area contributed by atoms with Crippen LogP contribution in [0.15, 0.2) is 73.1 Å². The fourth-order valence-electron chi connectivity index (χ4n) is 7.17. The number of amides is 2. The first kappa shape index (κ1) is 44.6. The topological polar surface area (TPSA) is 167 Å². The number of carbonyl (C=O) groups excluding carboxylic acids is 4. The van der Waals surface area contributed by atoms with Crippen LogP contribution in [0.3, 0.4) is 0 Å². The number of nitrogens with one attached hydrogen (secondary N) is 2. The van der Waals surface area contributed by atoms with E-state index in [9.17, 15) is 29.4 Å². The minimum atomic E-state index is -1.01. The highest BCUT2D eigenvalue weighted by Gasteiger charge is 2.43. The summed E-state index contributed by atoms with van der Waals surface area (Å²) in [5, 5.41) is 25.5. The zero-order chi connectivity index (χ0) is 40.8. The van der Waals surface area contributed by atoms with Gasteiger partial charge in [0, 0.05) is 30.9 Å². The molecule has 0 saturated carbocycles. The van der Waals surface area contributed by atoms with E-state index in [0.717, 1.165) is 75.3 Å². The fraction of sp³-hybridized carbons (Fsp3) is 0.533. The number of aromatic hydroxyl groups is 2. The number of benzene rings is 2. The predicted octanol–water partition coefficient (Wildman–Crippen LogP) is 7.09. The van der Waals surface area contributed by atoms with Crippen LogP contribution < -0.4 is 15.5 Å². The van der Waals surface area contributed by atoms with E-state index in [2.05, 4.69) is 29.5 Å². The fourth-order valence-corrected chi connectivity index (χ4v) is 7.17. The minimum Gasteiger partial charge on any atom is -0.508 e. The number of nitrogens with zero attached hydrogens (tertiary/aromatic N) is 2. The summed E-state index contributed by atoms with van der Waals surface area (Å²) in [6.45, 7) is 4.81. The van der Waals surface area contributed by atoms with Gasteiger partial charge in [0.2, 0.25) is 11.8 Å². The maximum atomic E-state index is 14.2. The first-order valence-corrected chi connectivity index (χ1v) is 20.9. The van der Waals surface area contributed by atoms with E-state index < -0.39 is 47.9 Å². The van der Waals surface area contributed by atoms with E-state index in [1.807, 2.05) is 0 Å². The summed E-state index contributed by atoms with van der Waals surface area (Å²) in [6, 6.07) is 12.7. The number of ether oxygens (including phenoxy) is 2. The second-order valence-corrected chi connectivity index (χ2v) is 15.0. The molecule has 2 heterocycles. The molecule has 0 radical (unpaired) electrons. The molecular weight excluding hydrogens is 725 g/mol. The number of pyridine rings is 1. The molecule has 0 spiro atoms. The molecule has 0 unspecified atom stereocenters. The first-order chi connectivity index (χ1) is 27.7. The lowest BCUT2D eigenvalue weighted by Gasteiger charge is -2.32. The predicted molar refractivity (Wildman–Crippen MR) is 220 cm³/mol. The van der Waals surface area contributed by atoms with Crippen LogP contribution in [0.4, 0.5) is 5.69 Å². The highest BCUT2D eigenvalue weighted by molar-refractivity contribution is 5.95. The van der Waals surface area contributed by atoms with Crippen LogP contribution in [-0.4, -0.2) is 76.3 Å². The Kier molecular flexibility index (Phi) is 19.2. The molecule has 1 aromatic heterocycles. The second kappa shape index (κ2) is 24.5. The van der Waals surface area contributed by atoms with Crippen LogP contribution in [0.5, 0.6) is 11.5 Å². The van der Waals surface area contributed by atoms with Gasteiger partial charge >= 0.3 is 11.9 Å². The van der Waals surface area contributed by atoms with Gasteiger partial charge in [-0.05, 0) is 73.2 Å². The number of phenols is 2. The average Bonchev–Trinajstić information content (AvgIpc) is 3.67. The van der Waals surface area contributed by atoms with Gasteiger partial charge in [-0.3, -0.25) is 14.6 Å². The van der Waals surface area contributed by atoms with E-state index in [1.165, 1.54) is 37.1 Å². The summed E-state index contributed by atoms with van der Waals surface area (Å²) in [5.41, 5.74) is 2.05. The van der Waals surface area contributed by atoms with Crippen molar-refractivity contribution in [3.63, 3.8) is 0 Å². The molecule has 4 rings (SSSR count). The monoisotopic (exact) mass is 786 g/mol. The van der Waals surface area contributed by atoms with Crippen LogP contribution in [-0.2, 0) is 41.5 Å². The summed E-state index contributed by atoms with van der Waals surface area (Å²) in [7, 11) is 0. The molecule has 1 fully saturated rings. The number of rotatable bonds is 25. The van der Waals surface area contributed by atoms with E-state index in [1.54, 1.807) is 53.7 Å². The van der Waals surface area contributed by atoms with Crippen molar-refractivity contribution in [2.45, 2.75) is 141 Å². The summed E-state index contributed by atoms with van der Waals surface area (Å²) >= 11 is 0. The Morgan fingerprint density at radius 3 is 1.40 bits per heavy atom. The molecule has 4 atom stereocenters. The minimum absolute atomic E-state index is 0.0876. The SMILES string of the molecule is CCCCCCCCOC(=O)[C@H](Cc1ccc(O)cc1)NC(=O)[C@@H]1CC[C@@H](C(=O)N[C@@H](Cc2ccc(O)cc2)C(=O)OCCCCCCCC)N1c1ccncc1. The van der Waals surface area contributed by atoms with Crippen molar-refractivity contribution in [1.29, 1.82) is 0 Å². The molecule has 2 amide bonds. The van der Waals surface area contributed by atoms with Gasteiger partial charge < -0.3 is 35.2 Å². The number of hydrogen-bond acceptors (Lipinski definition) is 10. The highest BCUT2D eigenvalue weighted by Crippen LogP contribution is 2.31. The molecule has 0 bridgehead atoms. The normalized spacial score (nSPS) is 16.1. The highest BCUT2D eigenvalue weighted by atomic mass is 16.5.